The number of para-hydroxylation sites is 1. The highest BCUT2D eigenvalue weighted by molar-refractivity contribution is 6.35. The molecule has 0 aliphatic carbocycles. The fraction of sp³-hybridized carbons (Fsp3) is 0.222. The van der Waals surface area contributed by atoms with Gasteiger partial charge in [-0.25, -0.2) is 4.39 Å². The second-order valence-corrected chi connectivity index (χ2v) is 6.53. The molecule has 2 aromatic carbocycles. The minimum Gasteiger partial charge on any atom is -0.336 e. The molecule has 1 N–H and O–H groups in total. The molecule has 2 heterocycles. The molecule has 2 aliphatic rings. The van der Waals surface area contributed by atoms with Crippen LogP contribution in [-0.4, -0.2) is 41.1 Å². The Morgan fingerprint density at radius 1 is 1.00 bits per heavy atom. The van der Waals surface area contributed by atoms with E-state index in [9.17, 15) is 14.0 Å². The summed E-state index contributed by atoms with van der Waals surface area (Å²) in [5, 5.41) is 1.34. The number of fused-ring (bicyclic) bond motifs is 1. The van der Waals surface area contributed by atoms with Gasteiger partial charge >= 0.3 is 11.8 Å². The van der Waals surface area contributed by atoms with Crippen molar-refractivity contribution in [1.82, 2.24) is 15.3 Å². The van der Waals surface area contributed by atoms with Gasteiger partial charge in [-0.2, -0.15) is 5.43 Å². The van der Waals surface area contributed by atoms with Crippen LogP contribution in [0.5, 0.6) is 0 Å². The lowest BCUT2D eigenvalue weighted by Gasteiger charge is -2.40. The van der Waals surface area contributed by atoms with Gasteiger partial charge in [0.15, 0.2) is 6.29 Å². The van der Waals surface area contributed by atoms with Crippen LogP contribution in [0.15, 0.2) is 48.5 Å². The van der Waals surface area contributed by atoms with Crippen molar-refractivity contribution in [3.8, 4) is 0 Å². The quantitative estimate of drug-likeness (QED) is 0.834. The zero-order valence-corrected chi connectivity index (χ0v) is 14.5. The predicted molar refractivity (Wildman–Crippen MR) is 94.4 cm³/mol. The number of halogens is 2. The number of rotatable bonds is 3. The number of hydrogen-bond acceptors (Lipinski definition) is 4. The van der Waals surface area contributed by atoms with Crippen LogP contribution in [0.4, 0.5) is 10.1 Å². The summed E-state index contributed by atoms with van der Waals surface area (Å²) in [7, 11) is 0. The smallest absolute Gasteiger partial charge is 0.326 e. The summed E-state index contributed by atoms with van der Waals surface area (Å²) < 4.78 is 14.1. The molecule has 0 saturated carbocycles. The first kappa shape index (κ1) is 16.8. The third-order valence-corrected chi connectivity index (χ3v) is 4.95. The SMILES string of the molecule is O=C1C(=O)N2CCN(c3ccccc3)C2NN1Cc1c(F)cccc1Cl. The number of hydrazine groups is 1. The van der Waals surface area contributed by atoms with Gasteiger partial charge in [-0.15, -0.1) is 0 Å². The molecule has 2 fully saturated rings. The Balaban J connectivity index is 1.62. The predicted octanol–water partition coefficient (Wildman–Crippen LogP) is 1.96. The topological polar surface area (TPSA) is 55.9 Å². The van der Waals surface area contributed by atoms with Crippen molar-refractivity contribution in [3.05, 3.63) is 64.9 Å². The number of carbonyl (C=O) groups excluding carboxylic acids is 2. The van der Waals surface area contributed by atoms with Crippen molar-refractivity contribution in [2.75, 3.05) is 18.0 Å². The van der Waals surface area contributed by atoms with Gasteiger partial charge in [0.1, 0.15) is 5.82 Å². The van der Waals surface area contributed by atoms with Crippen LogP contribution in [-0.2, 0) is 16.1 Å². The molecule has 26 heavy (non-hydrogen) atoms. The van der Waals surface area contributed by atoms with Crippen molar-refractivity contribution in [1.29, 1.82) is 0 Å². The average Bonchev–Trinajstić information content (AvgIpc) is 3.07. The standard InChI is InChI=1S/C18H16ClFN4O2/c19-14-7-4-8-15(20)13(14)11-24-17(26)16(25)23-10-9-22(18(23)21-24)12-5-2-1-3-6-12/h1-8,18,21H,9-11H2. The van der Waals surface area contributed by atoms with Crippen LogP contribution < -0.4 is 10.3 Å². The number of amides is 2. The normalized spacial score (nSPS) is 19.9. The molecule has 1 unspecified atom stereocenters. The second kappa shape index (κ2) is 6.59. The van der Waals surface area contributed by atoms with E-state index in [0.717, 1.165) is 10.7 Å². The van der Waals surface area contributed by atoms with Crippen molar-refractivity contribution in [2.24, 2.45) is 0 Å². The molecule has 0 bridgehead atoms. The fourth-order valence-electron chi connectivity index (χ4n) is 3.27. The first-order valence-electron chi connectivity index (χ1n) is 8.19. The lowest BCUT2D eigenvalue weighted by molar-refractivity contribution is -0.163. The van der Waals surface area contributed by atoms with Crippen molar-refractivity contribution >= 4 is 29.1 Å². The Morgan fingerprint density at radius 2 is 1.73 bits per heavy atom. The molecule has 8 heteroatoms. The van der Waals surface area contributed by atoms with Crippen LogP contribution in [0, 0.1) is 5.82 Å². The van der Waals surface area contributed by atoms with E-state index in [0.29, 0.717) is 13.1 Å². The minimum absolute atomic E-state index is 0.136. The monoisotopic (exact) mass is 374 g/mol. The number of anilines is 1. The maximum absolute atomic E-state index is 14.1. The summed E-state index contributed by atoms with van der Waals surface area (Å²) in [6.07, 6.45) is -0.506. The average molecular weight is 375 g/mol. The van der Waals surface area contributed by atoms with E-state index in [-0.39, 0.29) is 17.1 Å². The molecule has 1 atom stereocenters. The number of hydrogen-bond donors (Lipinski definition) is 1. The summed E-state index contributed by atoms with van der Waals surface area (Å²) in [6, 6.07) is 13.9. The fourth-order valence-corrected chi connectivity index (χ4v) is 3.49. The van der Waals surface area contributed by atoms with Crippen LogP contribution >= 0.6 is 11.6 Å². The number of nitrogens with one attached hydrogen (secondary N) is 1. The summed E-state index contributed by atoms with van der Waals surface area (Å²) in [4.78, 5) is 28.4. The van der Waals surface area contributed by atoms with Crippen molar-refractivity contribution in [3.63, 3.8) is 0 Å². The molecule has 2 saturated heterocycles. The van der Waals surface area contributed by atoms with E-state index in [1.165, 1.54) is 17.0 Å². The minimum atomic E-state index is -0.726. The van der Waals surface area contributed by atoms with E-state index in [1.54, 1.807) is 6.07 Å². The van der Waals surface area contributed by atoms with Gasteiger partial charge in [0.25, 0.3) is 0 Å². The van der Waals surface area contributed by atoms with E-state index >= 15 is 0 Å². The van der Waals surface area contributed by atoms with Crippen LogP contribution in [0.25, 0.3) is 0 Å². The Labute approximate surface area is 154 Å². The lowest BCUT2D eigenvalue weighted by atomic mass is 10.2. The number of benzene rings is 2. The van der Waals surface area contributed by atoms with Crippen LogP contribution in [0.2, 0.25) is 5.02 Å². The number of carbonyl (C=O) groups is 2. The Hall–Kier alpha value is -2.64. The van der Waals surface area contributed by atoms with Gasteiger partial charge in [-0.05, 0) is 24.3 Å². The molecule has 0 aromatic heterocycles. The van der Waals surface area contributed by atoms with Crippen LogP contribution in [0.1, 0.15) is 5.56 Å². The first-order chi connectivity index (χ1) is 12.6. The second-order valence-electron chi connectivity index (χ2n) is 6.12. The van der Waals surface area contributed by atoms with Gasteiger partial charge in [0.2, 0.25) is 0 Å². The van der Waals surface area contributed by atoms with E-state index in [1.807, 2.05) is 35.2 Å². The Bertz CT molecular complexity index is 843. The first-order valence-corrected chi connectivity index (χ1v) is 8.57. The van der Waals surface area contributed by atoms with E-state index < -0.39 is 23.9 Å². The molecule has 6 nitrogen and oxygen atoms in total. The molecule has 2 aromatic rings. The van der Waals surface area contributed by atoms with E-state index in [4.69, 9.17) is 11.6 Å². The third kappa shape index (κ3) is 2.79. The lowest BCUT2D eigenvalue weighted by Crippen LogP contribution is -2.67. The van der Waals surface area contributed by atoms with Crippen LogP contribution in [0.3, 0.4) is 0 Å². The highest BCUT2D eigenvalue weighted by Gasteiger charge is 2.45. The largest absolute Gasteiger partial charge is 0.336 e. The summed E-state index contributed by atoms with van der Waals surface area (Å²) >= 11 is 6.06. The zero-order chi connectivity index (χ0) is 18.3. The van der Waals surface area contributed by atoms with Gasteiger partial charge in [-0.1, -0.05) is 35.9 Å². The molecule has 134 valence electrons. The van der Waals surface area contributed by atoms with Gasteiger partial charge in [0, 0.05) is 29.4 Å². The molecule has 2 amide bonds. The van der Waals surface area contributed by atoms with Gasteiger partial charge < -0.3 is 4.90 Å². The highest BCUT2D eigenvalue weighted by Crippen LogP contribution is 2.27. The van der Waals surface area contributed by atoms with Crippen molar-refractivity contribution < 1.29 is 14.0 Å². The van der Waals surface area contributed by atoms with Gasteiger partial charge in [-0.3, -0.25) is 19.5 Å². The Kier molecular flexibility index (Phi) is 4.26. The Morgan fingerprint density at radius 3 is 2.46 bits per heavy atom. The zero-order valence-electron chi connectivity index (χ0n) is 13.7. The third-order valence-electron chi connectivity index (χ3n) is 4.60. The van der Waals surface area contributed by atoms with E-state index in [2.05, 4.69) is 5.43 Å². The maximum atomic E-state index is 14.1. The molecular weight excluding hydrogens is 359 g/mol. The molecule has 4 rings (SSSR count). The number of nitrogens with zero attached hydrogens (tertiary/aromatic N) is 3. The maximum Gasteiger partial charge on any atom is 0.326 e. The highest BCUT2D eigenvalue weighted by atomic mass is 35.5. The van der Waals surface area contributed by atoms with Crippen molar-refractivity contribution in [2.45, 2.75) is 12.8 Å². The molecular formula is C18H16ClFN4O2. The van der Waals surface area contributed by atoms with Gasteiger partial charge in [0.05, 0.1) is 6.54 Å². The summed E-state index contributed by atoms with van der Waals surface area (Å²) in [5.41, 5.74) is 4.13. The molecule has 0 radical (unpaired) electrons. The summed E-state index contributed by atoms with van der Waals surface area (Å²) in [6.45, 7) is 0.892. The molecule has 0 spiro atoms. The molecule has 2 aliphatic heterocycles. The summed E-state index contributed by atoms with van der Waals surface area (Å²) in [5.74, 6) is -1.86.